The van der Waals surface area contributed by atoms with Gasteiger partial charge >= 0.3 is 25.8 Å². The number of nitrogens with zero attached hydrogens (tertiary/aromatic N) is 4. The third-order valence-electron chi connectivity index (χ3n) is 9.52. The van der Waals surface area contributed by atoms with Crippen LogP contribution < -0.4 is 10.8 Å². The number of nitrogens with two attached hydrogens (primary N) is 1. The number of esters is 2. The van der Waals surface area contributed by atoms with Gasteiger partial charge in [-0.15, -0.1) is 0 Å². The van der Waals surface area contributed by atoms with E-state index in [-0.39, 0.29) is 43.0 Å². The van der Waals surface area contributed by atoms with Gasteiger partial charge in [0.1, 0.15) is 17.9 Å². The lowest BCUT2D eigenvalue weighted by atomic mass is 10.0. The molecule has 1 aromatic carbocycles. The topological polar surface area (TPSA) is 199 Å². The summed E-state index contributed by atoms with van der Waals surface area (Å²) in [6.45, 7) is 4.94. The van der Waals surface area contributed by atoms with E-state index in [9.17, 15) is 23.7 Å². The second-order valence-corrected chi connectivity index (χ2v) is 15.9. The van der Waals surface area contributed by atoms with E-state index in [0.717, 1.165) is 69.8 Å². The van der Waals surface area contributed by atoms with Crippen molar-refractivity contribution in [2.24, 2.45) is 0 Å². The first kappa shape index (κ1) is 44.2. The van der Waals surface area contributed by atoms with Gasteiger partial charge in [-0.05, 0) is 31.7 Å². The maximum Gasteiger partial charge on any atom is 0.406 e. The SMILES string of the molecule is CCCCCCCCOC(=O)COP(=O)(N[C@@H](Cc1ccccc1)C(=O)OCCCCCCCC)OC[C@@]1(C)O[C@@H](n2cnc3c(N)nc(F)nc32)C[C@@H]1O. The number of fused-ring (bicyclic) bond motifs is 1. The molecule has 0 radical (unpaired) electrons. The minimum atomic E-state index is -4.54. The van der Waals surface area contributed by atoms with Gasteiger partial charge in [0.05, 0.1) is 32.3 Å². The number of imidazole rings is 1. The Labute approximate surface area is 322 Å². The van der Waals surface area contributed by atoms with E-state index >= 15 is 0 Å². The first-order valence-corrected chi connectivity index (χ1v) is 21.1. The molecule has 306 valence electrons. The highest BCUT2D eigenvalue weighted by atomic mass is 31.2. The van der Waals surface area contributed by atoms with Crippen molar-refractivity contribution in [2.75, 3.05) is 32.2 Å². The molecule has 5 atom stereocenters. The molecule has 0 amide bonds. The number of carbonyl (C=O) groups excluding carboxylic acids is 2. The van der Waals surface area contributed by atoms with Crippen molar-refractivity contribution in [1.82, 2.24) is 24.6 Å². The van der Waals surface area contributed by atoms with Crippen LogP contribution in [-0.4, -0.2) is 80.7 Å². The molecule has 1 aliphatic heterocycles. The number of rotatable bonds is 26. The van der Waals surface area contributed by atoms with Crippen molar-refractivity contribution in [1.29, 1.82) is 0 Å². The van der Waals surface area contributed by atoms with Crippen molar-refractivity contribution >= 4 is 36.7 Å². The van der Waals surface area contributed by atoms with Gasteiger partial charge in [-0.25, -0.2) is 19.4 Å². The fraction of sp³-hybridized carbons (Fsp3) is 0.658. The molecule has 4 N–H and O–H groups in total. The van der Waals surface area contributed by atoms with Crippen LogP contribution in [0.5, 0.6) is 0 Å². The normalized spacial score (nSPS) is 20.0. The summed E-state index contributed by atoms with van der Waals surface area (Å²) in [4.78, 5) is 37.8. The van der Waals surface area contributed by atoms with Crippen LogP contribution in [0.15, 0.2) is 36.7 Å². The van der Waals surface area contributed by atoms with Gasteiger partial charge in [0.25, 0.3) is 0 Å². The number of aromatic nitrogens is 4. The molecule has 55 heavy (non-hydrogen) atoms. The Kier molecular flexibility index (Phi) is 17.9. The molecule has 0 bridgehead atoms. The van der Waals surface area contributed by atoms with Crippen molar-refractivity contribution in [2.45, 2.75) is 135 Å². The Hall–Kier alpha value is -3.53. The zero-order chi connectivity index (χ0) is 39.7. The van der Waals surface area contributed by atoms with E-state index in [2.05, 4.69) is 33.9 Å². The minimum Gasteiger partial charge on any atom is -0.465 e. The van der Waals surface area contributed by atoms with Crippen LogP contribution in [0.3, 0.4) is 0 Å². The molecule has 1 fully saturated rings. The summed E-state index contributed by atoms with van der Waals surface area (Å²) < 4.78 is 58.7. The number of ether oxygens (including phenoxy) is 3. The van der Waals surface area contributed by atoms with Crippen LogP contribution in [0.4, 0.5) is 10.2 Å². The number of unbranched alkanes of at least 4 members (excludes halogenated alkanes) is 10. The molecular weight excluding hydrogens is 734 g/mol. The number of benzene rings is 1. The van der Waals surface area contributed by atoms with Gasteiger partial charge in [-0.2, -0.15) is 14.4 Å². The highest BCUT2D eigenvalue weighted by Gasteiger charge is 2.48. The lowest BCUT2D eigenvalue weighted by molar-refractivity contribution is -0.146. The highest BCUT2D eigenvalue weighted by Crippen LogP contribution is 2.48. The Morgan fingerprint density at radius 1 is 1.00 bits per heavy atom. The van der Waals surface area contributed by atoms with E-state index in [1.54, 1.807) is 0 Å². The van der Waals surface area contributed by atoms with E-state index in [0.29, 0.717) is 12.8 Å². The number of aliphatic hydroxyl groups is 1. The minimum absolute atomic E-state index is 0.00159. The number of aliphatic hydroxyl groups excluding tert-OH is 1. The quantitative estimate of drug-likeness (QED) is 0.0334. The molecule has 1 unspecified atom stereocenters. The molecule has 0 saturated carbocycles. The summed E-state index contributed by atoms with van der Waals surface area (Å²) in [5.74, 6) is -1.58. The van der Waals surface area contributed by atoms with Crippen molar-refractivity contribution in [3.63, 3.8) is 0 Å². The van der Waals surface area contributed by atoms with Gasteiger partial charge < -0.3 is 25.1 Å². The van der Waals surface area contributed by atoms with E-state index in [4.69, 9.17) is 29.0 Å². The molecule has 15 nitrogen and oxygen atoms in total. The summed E-state index contributed by atoms with van der Waals surface area (Å²) in [7, 11) is -4.54. The van der Waals surface area contributed by atoms with Crippen molar-refractivity contribution in [3.8, 4) is 0 Å². The fourth-order valence-corrected chi connectivity index (χ4v) is 7.75. The van der Waals surface area contributed by atoms with Gasteiger partial charge in [0.2, 0.25) is 0 Å². The number of anilines is 1. The molecule has 4 rings (SSSR count). The summed E-state index contributed by atoms with van der Waals surface area (Å²) >= 11 is 0. The second-order valence-electron chi connectivity index (χ2n) is 14.2. The third-order valence-corrected chi connectivity index (χ3v) is 11.1. The highest BCUT2D eigenvalue weighted by molar-refractivity contribution is 7.51. The molecule has 3 heterocycles. The molecule has 2 aromatic heterocycles. The standard InChI is InChI=1S/C38H58FN6O9P/c1-4-6-8-10-12-17-21-50-32(47)25-52-55(49,44-29(23-28-19-15-14-16-20-28)36(48)51-22-18-13-11-9-7-5-2)53-26-38(3)30(46)24-31(54-38)45-27-41-33-34(40)42-37(39)43-35(33)45/h14-16,19-20,27,29-31,46H,4-13,17-18,21-26H2,1-3H3,(H,44,49)(H2,40,42,43)/t29-,30-,31+,38+,55?/m0/s1. The van der Waals surface area contributed by atoms with Gasteiger partial charge in [-0.1, -0.05) is 108 Å². The molecule has 0 aliphatic carbocycles. The number of carbonyl (C=O) groups is 2. The monoisotopic (exact) mass is 792 g/mol. The van der Waals surface area contributed by atoms with Crippen LogP contribution in [0.1, 0.15) is 116 Å². The Bertz CT molecular complexity index is 1680. The summed E-state index contributed by atoms with van der Waals surface area (Å²) in [6.07, 6.45) is 10.3. The first-order valence-electron chi connectivity index (χ1n) is 19.5. The summed E-state index contributed by atoms with van der Waals surface area (Å²) in [6, 6.07) is 7.90. The Morgan fingerprint density at radius 2 is 1.64 bits per heavy atom. The molecule has 3 aromatic rings. The number of nitrogens with one attached hydrogen (secondary N) is 1. The molecule has 0 spiro atoms. The lowest BCUT2D eigenvalue weighted by Crippen LogP contribution is -2.43. The zero-order valence-corrected chi connectivity index (χ0v) is 33.2. The second kappa shape index (κ2) is 22.3. The van der Waals surface area contributed by atoms with Crippen molar-refractivity contribution < 1.29 is 46.9 Å². The van der Waals surface area contributed by atoms with Crippen molar-refractivity contribution in [3.05, 3.63) is 48.3 Å². The fourth-order valence-electron chi connectivity index (χ4n) is 6.25. The third kappa shape index (κ3) is 13.9. The van der Waals surface area contributed by atoms with Gasteiger partial charge in [0, 0.05) is 6.42 Å². The molecule has 1 aliphatic rings. The van der Waals surface area contributed by atoms with Crippen LogP contribution in [0, 0.1) is 6.08 Å². The van der Waals surface area contributed by atoms with Crippen LogP contribution >= 0.6 is 7.75 Å². The molecule has 17 heteroatoms. The predicted molar refractivity (Wildman–Crippen MR) is 204 cm³/mol. The Morgan fingerprint density at radius 3 is 2.31 bits per heavy atom. The number of hydrogen-bond donors (Lipinski definition) is 3. The largest absolute Gasteiger partial charge is 0.465 e. The van der Waals surface area contributed by atoms with Crippen LogP contribution in [-0.2, 0) is 43.8 Å². The lowest BCUT2D eigenvalue weighted by Gasteiger charge is -2.30. The maximum absolute atomic E-state index is 14.5. The smallest absolute Gasteiger partial charge is 0.406 e. The van der Waals surface area contributed by atoms with E-state index in [1.165, 1.54) is 17.8 Å². The number of nitrogen functional groups attached to an aromatic ring is 1. The summed E-state index contributed by atoms with van der Waals surface area (Å²) in [5.41, 5.74) is 5.29. The maximum atomic E-state index is 14.5. The average molecular weight is 793 g/mol. The molecule has 1 saturated heterocycles. The average Bonchev–Trinajstić information content (AvgIpc) is 3.72. The number of halogens is 1. The first-order chi connectivity index (χ1) is 26.5. The number of hydrogen-bond acceptors (Lipinski definition) is 13. The van der Waals surface area contributed by atoms with Crippen LogP contribution in [0.2, 0.25) is 0 Å². The zero-order valence-electron chi connectivity index (χ0n) is 32.3. The van der Waals surface area contributed by atoms with Crippen LogP contribution in [0.25, 0.3) is 11.2 Å². The van der Waals surface area contributed by atoms with E-state index in [1.807, 2.05) is 30.3 Å². The molecular formula is C38H58FN6O9P. The summed E-state index contributed by atoms with van der Waals surface area (Å²) in [5, 5.41) is 13.9. The van der Waals surface area contributed by atoms with Gasteiger partial charge in [0.15, 0.2) is 23.6 Å². The Balaban J connectivity index is 1.48. The predicted octanol–water partition coefficient (Wildman–Crippen LogP) is 6.74. The van der Waals surface area contributed by atoms with Gasteiger partial charge in [-0.3, -0.25) is 18.4 Å². The van der Waals surface area contributed by atoms with E-state index < -0.39 is 63.0 Å².